The summed E-state index contributed by atoms with van der Waals surface area (Å²) in [6.07, 6.45) is 0. The van der Waals surface area contributed by atoms with Gasteiger partial charge in [-0.15, -0.1) is 0 Å². The lowest BCUT2D eigenvalue weighted by molar-refractivity contribution is 0.892. The van der Waals surface area contributed by atoms with Gasteiger partial charge >= 0.3 is 0 Å². The highest BCUT2D eigenvalue weighted by Crippen LogP contribution is 2.38. The highest BCUT2D eigenvalue weighted by Gasteiger charge is 2.23. The maximum Gasteiger partial charge on any atom is 0.240 e. The number of fused-ring (bicyclic) bond motifs is 12. The smallest absolute Gasteiger partial charge is 0.240 e. The summed E-state index contributed by atoms with van der Waals surface area (Å²) in [5, 5.41) is 9.06. The third kappa shape index (κ3) is 6.34. The molecule has 354 valence electrons. The van der Waals surface area contributed by atoms with Crippen LogP contribution in [0.5, 0.6) is 0 Å². The summed E-state index contributed by atoms with van der Waals surface area (Å²) >= 11 is 0. The van der Waals surface area contributed by atoms with Gasteiger partial charge < -0.3 is 0 Å². The van der Waals surface area contributed by atoms with E-state index in [2.05, 4.69) is 261 Å². The molecular formula is C66H40N10. The fourth-order valence-electron chi connectivity index (χ4n) is 11.6. The normalized spacial score (nSPS) is 11.9. The van der Waals surface area contributed by atoms with E-state index in [4.69, 9.17) is 29.9 Å². The predicted molar refractivity (Wildman–Crippen MR) is 307 cm³/mol. The Bertz CT molecular complexity index is 4540. The van der Waals surface area contributed by atoms with Gasteiger partial charge in [0.05, 0.1) is 44.1 Å². The standard InChI is InChI=1S/C66H40N10/c1-9-28-53-45(20-1)46-21-2-10-29-54(46)73(53)63-67-61(68-64(71-63)74-55-30-11-3-22-47(55)48-23-4-12-31-56(48)74)42-38-36-41(37-39-42)43-18-17-19-44(40-43)62-69-65(75-57-32-13-5-24-49(57)50-25-6-14-33-58(50)75)72-66(70-62)76-59-34-15-7-26-51(59)52-27-8-16-35-60(52)76/h1-40H. The molecule has 16 rings (SSSR count). The topological polar surface area (TPSA) is 97.1 Å². The van der Waals surface area contributed by atoms with Crippen molar-refractivity contribution in [1.82, 2.24) is 48.2 Å². The summed E-state index contributed by atoms with van der Waals surface area (Å²) < 4.78 is 8.65. The molecule has 16 aromatic rings. The van der Waals surface area contributed by atoms with Crippen LogP contribution in [0.4, 0.5) is 0 Å². The number of benzene rings is 10. The number of hydrogen-bond acceptors (Lipinski definition) is 6. The molecule has 0 aliphatic heterocycles. The van der Waals surface area contributed by atoms with Crippen LogP contribution >= 0.6 is 0 Å². The van der Waals surface area contributed by atoms with Gasteiger partial charge in [-0.05, 0) is 65.7 Å². The zero-order valence-electron chi connectivity index (χ0n) is 40.6. The molecule has 76 heavy (non-hydrogen) atoms. The van der Waals surface area contributed by atoms with Crippen molar-refractivity contribution in [3.05, 3.63) is 243 Å². The van der Waals surface area contributed by atoms with Gasteiger partial charge in [0, 0.05) is 54.2 Å². The second-order valence-corrected chi connectivity index (χ2v) is 19.2. The van der Waals surface area contributed by atoms with Gasteiger partial charge in [0.25, 0.3) is 0 Å². The summed E-state index contributed by atoms with van der Waals surface area (Å²) in [6, 6.07) is 84.5. The maximum atomic E-state index is 5.35. The fraction of sp³-hybridized carbons (Fsp3) is 0. The van der Waals surface area contributed by atoms with E-state index in [1.807, 2.05) is 0 Å². The first-order valence-corrected chi connectivity index (χ1v) is 25.4. The van der Waals surface area contributed by atoms with Crippen LogP contribution < -0.4 is 0 Å². The lowest BCUT2D eigenvalue weighted by atomic mass is 10.0. The summed E-state index contributed by atoms with van der Waals surface area (Å²) in [5.74, 6) is 3.26. The minimum Gasteiger partial charge on any atom is -0.278 e. The first kappa shape index (κ1) is 42.0. The number of rotatable bonds is 7. The first-order chi connectivity index (χ1) is 37.7. The van der Waals surface area contributed by atoms with Crippen molar-refractivity contribution in [2.24, 2.45) is 0 Å². The Morgan fingerprint density at radius 2 is 0.421 bits per heavy atom. The van der Waals surface area contributed by atoms with Crippen LogP contribution in [0.25, 0.3) is 145 Å². The number of para-hydroxylation sites is 8. The van der Waals surface area contributed by atoms with Crippen LogP contribution in [-0.4, -0.2) is 48.2 Å². The van der Waals surface area contributed by atoms with Gasteiger partial charge in [-0.3, -0.25) is 18.3 Å². The molecular weight excluding hydrogens is 933 g/mol. The average Bonchev–Trinajstić information content (AvgIpc) is 4.29. The molecule has 0 aliphatic rings. The Labute approximate surface area is 433 Å². The van der Waals surface area contributed by atoms with Crippen molar-refractivity contribution in [1.29, 1.82) is 0 Å². The van der Waals surface area contributed by atoms with Crippen molar-refractivity contribution in [2.75, 3.05) is 0 Å². The van der Waals surface area contributed by atoms with Crippen molar-refractivity contribution >= 4 is 87.2 Å². The molecule has 0 saturated carbocycles. The minimum absolute atomic E-state index is 0.534. The van der Waals surface area contributed by atoms with E-state index in [9.17, 15) is 0 Å². The van der Waals surface area contributed by atoms with Crippen LogP contribution in [0.3, 0.4) is 0 Å². The number of nitrogens with zero attached hydrogens (tertiary/aromatic N) is 10. The van der Waals surface area contributed by atoms with Gasteiger partial charge in [0.2, 0.25) is 23.8 Å². The molecule has 0 N–H and O–H groups in total. The van der Waals surface area contributed by atoms with Gasteiger partial charge in [0.1, 0.15) is 0 Å². The quantitative estimate of drug-likeness (QED) is 0.158. The van der Waals surface area contributed by atoms with Gasteiger partial charge in [0.15, 0.2) is 11.6 Å². The van der Waals surface area contributed by atoms with Crippen LogP contribution in [0.1, 0.15) is 0 Å². The van der Waals surface area contributed by atoms with Crippen molar-refractivity contribution in [3.8, 4) is 57.7 Å². The SMILES string of the molecule is c1cc(-c2ccc(-c3nc(-n4c5ccccc5c5ccccc54)nc(-n4c5ccccc5c5ccccc54)n3)cc2)cc(-c2nc(-n3c4ccccc4c4ccccc43)nc(-n3c4ccccc4c4ccccc43)n2)c1. The van der Waals surface area contributed by atoms with E-state index in [0.717, 1.165) is 109 Å². The highest BCUT2D eigenvalue weighted by atomic mass is 15.3. The Kier molecular flexibility index (Phi) is 9.10. The Morgan fingerprint density at radius 1 is 0.184 bits per heavy atom. The molecule has 10 nitrogen and oxygen atoms in total. The number of aromatic nitrogens is 10. The van der Waals surface area contributed by atoms with Crippen molar-refractivity contribution < 1.29 is 0 Å². The molecule has 0 spiro atoms. The average molecular weight is 973 g/mol. The Balaban J connectivity index is 0.854. The van der Waals surface area contributed by atoms with Crippen LogP contribution in [0.2, 0.25) is 0 Å². The second-order valence-electron chi connectivity index (χ2n) is 19.2. The molecule has 10 heteroatoms. The number of hydrogen-bond donors (Lipinski definition) is 0. The van der Waals surface area contributed by atoms with E-state index in [1.54, 1.807) is 0 Å². The minimum atomic E-state index is 0.534. The zero-order chi connectivity index (χ0) is 49.8. The molecule has 0 unspecified atom stereocenters. The van der Waals surface area contributed by atoms with E-state index in [-0.39, 0.29) is 0 Å². The molecule has 6 aromatic heterocycles. The van der Waals surface area contributed by atoms with E-state index in [0.29, 0.717) is 35.4 Å². The van der Waals surface area contributed by atoms with E-state index < -0.39 is 0 Å². The van der Waals surface area contributed by atoms with Gasteiger partial charge in [-0.25, -0.2) is 0 Å². The van der Waals surface area contributed by atoms with Gasteiger partial charge in [-0.2, -0.15) is 29.9 Å². The summed E-state index contributed by atoms with van der Waals surface area (Å²) in [5.41, 5.74) is 11.9. The second kappa shape index (κ2) is 16.5. The first-order valence-electron chi connectivity index (χ1n) is 25.4. The molecule has 0 radical (unpaired) electrons. The third-order valence-electron chi connectivity index (χ3n) is 14.9. The Morgan fingerprint density at radius 3 is 0.711 bits per heavy atom. The largest absolute Gasteiger partial charge is 0.278 e. The fourth-order valence-corrected chi connectivity index (χ4v) is 11.6. The summed E-state index contributed by atoms with van der Waals surface area (Å²) in [4.78, 5) is 32.0. The Hall–Kier alpha value is -10.6. The lowest BCUT2D eigenvalue weighted by Crippen LogP contribution is -2.10. The molecule has 0 atom stereocenters. The zero-order valence-corrected chi connectivity index (χ0v) is 40.6. The lowest BCUT2D eigenvalue weighted by Gasteiger charge is -2.13. The molecule has 10 aromatic carbocycles. The monoisotopic (exact) mass is 972 g/mol. The van der Waals surface area contributed by atoms with Crippen LogP contribution in [0, 0.1) is 0 Å². The van der Waals surface area contributed by atoms with Crippen LogP contribution in [-0.2, 0) is 0 Å². The van der Waals surface area contributed by atoms with E-state index >= 15 is 0 Å². The molecule has 0 amide bonds. The molecule has 0 fully saturated rings. The van der Waals surface area contributed by atoms with E-state index in [1.165, 1.54) is 0 Å². The summed E-state index contributed by atoms with van der Waals surface area (Å²) in [7, 11) is 0. The molecule has 0 saturated heterocycles. The van der Waals surface area contributed by atoms with Crippen molar-refractivity contribution in [2.45, 2.75) is 0 Å². The highest BCUT2D eigenvalue weighted by molar-refractivity contribution is 6.12. The third-order valence-corrected chi connectivity index (χ3v) is 14.9. The maximum absolute atomic E-state index is 5.35. The van der Waals surface area contributed by atoms with Gasteiger partial charge in [-0.1, -0.05) is 188 Å². The van der Waals surface area contributed by atoms with Crippen LogP contribution in [0.15, 0.2) is 243 Å². The summed E-state index contributed by atoms with van der Waals surface area (Å²) in [6.45, 7) is 0. The predicted octanol–water partition coefficient (Wildman–Crippen LogP) is 15.4. The van der Waals surface area contributed by atoms with Crippen molar-refractivity contribution in [3.63, 3.8) is 0 Å². The molecule has 6 heterocycles. The molecule has 0 aliphatic carbocycles. The molecule has 0 bridgehead atoms.